The number of aromatic nitrogens is 2. The first-order valence-electron chi connectivity index (χ1n) is 6.56. The van der Waals surface area contributed by atoms with E-state index >= 15 is 0 Å². The molecule has 1 aromatic carbocycles. The molecule has 23 heavy (non-hydrogen) atoms. The van der Waals surface area contributed by atoms with Crippen LogP contribution in [0.25, 0.3) is 0 Å². The first-order chi connectivity index (χ1) is 11.0. The number of benzene rings is 1. The fourth-order valence-corrected chi connectivity index (χ4v) is 2.40. The fraction of sp³-hybridized carbons (Fsp3) is 0.143. The van der Waals surface area contributed by atoms with Crippen molar-refractivity contribution in [1.29, 1.82) is 0 Å². The van der Waals surface area contributed by atoms with Gasteiger partial charge in [0.1, 0.15) is 5.82 Å². The van der Waals surface area contributed by atoms with Gasteiger partial charge in [0.2, 0.25) is 5.96 Å². The highest BCUT2D eigenvalue weighted by atomic mass is 35.5. The second-order valence-electron chi connectivity index (χ2n) is 4.35. The van der Waals surface area contributed by atoms with Crippen LogP contribution in [0.4, 0.5) is 10.5 Å². The molecule has 7 nitrogen and oxygen atoms in total. The van der Waals surface area contributed by atoms with Crippen molar-refractivity contribution in [3.05, 3.63) is 52.5 Å². The molecule has 120 valence electrons. The van der Waals surface area contributed by atoms with Crippen molar-refractivity contribution in [1.82, 2.24) is 15.3 Å². The summed E-state index contributed by atoms with van der Waals surface area (Å²) in [6.07, 6.45) is 3.20. The number of guanidine groups is 1. The molecule has 0 saturated carbocycles. The molecule has 0 spiro atoms. The van der Waals surface area contributed by atoms with Gasteiger partial charge in [0.15, 0.2) is 0 Å². The van der Waals surface area contributed by atoms with Crippen LogP contribution in [0.15, 0.2) is 41.7 Å². The van der Waals surface area contributed by atoms with E-state index in [4.69, 9.17) is 28.9 Å². The molecule has 0 radical (unpaired) electrons. The molecule has 0 aliphatic heterocycles. The summed E-state index contributed by atoms with van der Waals surface area (Å²) in [5, 5.41) is 3.09. The van der Waals surface area contributed by atoms with Crippen LogP contribution in [0, 0.1) is 0 Å². The molecule has 0 fully saturated rings. The predicted octanol–water partition coefficient (Wildman–Crippen LogP) is 2.44. The standard InChI is InChI=1S/C14H14Cl2N6O/c1-18-14(23)21-13(17)22(8-11-19-6-3-7-20-11)12-9(15)4-2-5-10(12)16/h2-7H,8H2,1H3,(H3,17,18,21,23). The fourth-order valence-electron chi connectivity index (χ4n) is 1.79. The zero-order valence-electron chi connectivity index (χ0n) is 12.2. The van der Waals surface area contributed by atoms with Gasteiger partial charge in [0, 0.05) is 19.4 Å². The largest absolute Gasteiger partial charge is 0.369 e. The van der Waals surface area contributed by atoms with Crippen molar-refractivity contribution in [2.75, 3.05) is 11.9 Å². The third kappa shape index (κ3) is 4.30. The highest BCUT2D eigenvalue weighted by molar-refractivity contribution is 6.40. The van der Waals surface area contributed by atoms with E-state index in [1.54, 1.807) is 36.7 Å². The van der Waals surface area contributed by atoms with Crippen LogP contribution >= 0.6 is 23.2 Å². The molecule has 0 atom stereocenters. The van der Waals surface area contributed by atoms with Crippen LogP contribution < -0.4 is 16.0 Å². The van der Waals surface area contributed by atoms with Crippen molar-refractivity contribution in [3.8, 4) is 0 Å². The van der Waals surface area contributed by atoms with Crippen LogP contribution in [0.2, 0.25) is 10.0 Å². The van der Waals surface area contributed by atoms with E-state index in [9.17, 15) is 4.79 Å². The van der Waals surface area contributed by atoms with E-state index in [1.165, 1.54) is 11.9 Å². The molecular weight excluding hydrogens is 339 g/mol. The highest BCUT2D eigenvalue weighted by Crippen LogP contribution is 2.34. The molecule has 0 aliphatic carbocycles. The number of nitrogens with two attached hydrogens (primary N) is 1. The van der Waals surface area contributed by atoms with E-state index in [2.05, 4.69) is 20.3 Å². The molecule has 0 aliphatic rings. The molecule has 1 heterocycles. The average molecular weight is 353 g/mol. The van der Waals surface area contributed by atoms with E-state index in [-0.39, 0.29) is 12.5 Å². The number of hydrogen-bond acceptors (Lipinski definition) is 3. The number of carbonyl (C=O) groups is 1. The van der Waals surface area contributed by atoms with Gasteiger partial charge in [-0.2, -0.15) is 4.99 Å². The van der Waals surface area contributed by atoms with E-state index < -0.39 is 6.03 Å². The van der Waals surface area contributed by atoms with Crippen molar-refractivity contribution in [2.45, 2.75) is 6.54 Å². The summed E-state index contributed by atoms with van der Waals surface area (Å²) in [5.74, 6) is 0.394. The lowest BCUT2D eigenvalue weighted by Crippen LogP contribution is -2.39. The summed E-state index contributed by atoms with van der Waals surface area (Å²) in [7, 11) is 1.45. The van der Waals surface area contributed by atoms with Crippen molar-refractivity contribution in [3.63, 3.8) is 0 Å². The summed E-state index contributed by atoms with van der Waals surface area (Å²) in [4.78, 5) is 25.0. The zero-order chi connectivity index (χ0) is 16.8. The van der Waals surface area contributed by atoms with Gasteiger partial charge in [0.25, 0.3) is 0 Å². The number of nitrogens with one attached hydrogen (secondary N) is 1. The number of carbonyl (C=O) groups excluding carboxylic acids is 1. The van der Waals surface area contributed by atoms with E-state index in [1.807, 2.05) is 0 Å². The van der Waals surface area contributed by atoms with Gasteiger partial charge in [0.05, 0.1) is 22.3 Å². The zero-order valence-corrected chi connectivity index (χ0v) is 13.7. The summed E-state index contributed by atoms with van der Waals surface area (Å²) in [5.41, 5.74) is 6.38. The van der Waals surface area contributed by atoms with Crippen molar-refractivity contribution in [2.24, 2.45) is 10.7 Å². The lowest BCUT2D eigenvalue weighted by molar-refractivity contribution is 0.251. The van der Waals surface area contributed by atoms with Gasteiger partial charge in [-0.3, -0.25) is 0 Å². The normalized spacial score (nSPS) is 11.2. The minimum atomic E-state index is -0.593. The maximum absolute atomic E-state index is 11.5. The van der Waals surface area contributed by atoms with Gasteiger partial charge in [-0.15, -0.1) is 0 Å². The van der Waals surface area contributed by atoms with Crippen LogP contribution in [0.3, 0.4) is 0 Å². The van der Waals surface area contributed by atoms with Gasteiger partial charge in [-0.1, -0.05) is 29.3 Å². The molecule has 3 N–H and O–H groups in total. The molecule has 2 aromatic rings. The van der Waals surface area contributed by atoms with Crippen LogP contribution in [0.1, 0.15) is 5.82 Å². The average Bonchev–Trinajstić information content (AvgIpc) is 2.54. The second-order valence-corrected chi connectivity index (χ2v) is 5.16. The Balaban J connectivity index is 2.47. The Morgan fingerprint density at radius 2 is 1.87 bits per heavy atom. The summed E-state index contributed by atoms with van der Waals surface area (Å²) in [6, 6.07) is 6.13. The van der Waals surface area contributed by atoms with Crippen LogP contribution in [-0.4, -0.2) is 29.0 Å². The molecule has 0 unspecified atom stereocenters. The number of urea groups is 1. The Labute approximate surface area is 143 Å². The molecule has 1 aromatic heterocycles. The van der Waals surface area contributed by atoms with Gasteiger partial charge >= 0.3 is 6.03 Å². The van der Waals surface area contributed by atoms with Gasteiger partial charge < -0.3 is 16.0 Å². The smallest absolute Gasteiger partial charge is 0.343 e. The number of hydrogen-bond donors (Lipinski definition) is 2. The predicted molar refractivity (Wildman–Crippen MR) is 90.8 cm³/mol. The number of halogens is 2. The summed E-state index contributed by atoms with van der Waals surface area (Å²) in [6.45, 7) is 0.149. The van der Waals surface area contributed by atoms with Crippen LogP contribution in [0.5, 0.6) is 0 Å². The van der Waals surface area contributed by atoms with Gasteiger partial charge in [-0.25, -0.2) is 14.8 Å². The molecule has 0 saturated heterocycles. The van der Waals surface area contributed by atoms with Crippen molar-refractivity contribution >= 4 is 40.9 Å². The number of rotatable bonds is 3. The quantitative estimate of drug-likeness (QED) is 0.653. The molecule has 2 amide bonds. The number of amides is 2. The minimum absolute atomic E-state index is 0.0770. The molecule has 2 rings (SSSR count). The van der Waals surface area contributed by atoms with Gasteiger partial charge in [-0.05, 0) is 18.2 Å². The Morgan fingerprint density at radius 1 is 1.26 bits per heavy atom. The maximum atomic E-state index is 11.5. The SMILES string of the molecule is CNC(=O)N=C(N)N(Cc1ncccn1)c1c(Cl)cccc1Cl. The third-order valence-electron chi connectivity index (χ3n) is 2.83. The van der Waals surface area contributed by atoms with Crippen LogP contribution in [-0.2, 0) is 6.54 Å². The Bertz CT molecular complexity index is 702. The topological polar surface area (TPSA) is 96.5 Å². The lowest BCUT2D eigenvalue weighted by atomic mass is 10.3. The monoisotopic (exact) mass is 352 g/mol. The maximum Gasteiger partial charge on any atom is 0.343 e. The number of nitrogens with zero attached hydrogens (tertiary/aromatic N) is 4. The minimum Gasteiger partial charge on any atom is -0.369 e. The summed E-state index contributed by atoms with van der Waals surface area (Å²) < 4.78 is 0. The Hall–Kier alpha value is -2.38. The number of aliphatic imine (C=N–C) groups is 1. The number of anilines is 1. The second kappa shape index (κ2) is 7.75. The van der Waals surface area contributed by atoms with E-state index in [0.29, 0.717) is 21.6 Å². The first-order valence-corrected chi connectivity index (χ1v) is 7.32. The third-order valence-corrected chi connectivity index (χ3v) is 3.44. The highest BCUT2D eigenvalue weighted by Gasteiger charge is 2.20. The van der Waals surface area contributed by atoms with E-state index in [0.717, 1.165) is 0 Å². The van der Waals surface area contributed by atoms with Crippen molar-refractivity contribution < 1.29 is 4.79 Å². The molecular formula is C14H14Cl2N6O. The molecule has 0 bridgehead atoms. The summed E-state index contributed by atoms with van der Waals surface area (Å²) >= 11 is 12.5. The number of para-hydroxylation sites is 1. The lowest BCUT2D eigenvalue weighted by Gasteiger charge is -2.24. The Morgan fingerprint density at radius 3 is 2.43 bits per heavy atom. The molecule has 9 heteroatoms. The first kappa shape index (κ1) is 17.0. The Kier molecular flexibility index (Phi) is 5.72.